The molecule has 7 nitrogen and oxygen atoms in total. The Kier molecular flexibility index (Phi) is 2.83. The predicted octanol–water partition coefficient (Wildman–Crippen LogP) is 1.60. The maximum atomic E-state index is 10.6. The second-order valence-corrected chi connectivity index (χ2v) is 3.88. The zero-order chi connectivity index (χ0) is 11.6. The normalized spacial score (nSPS) is 11.4. The minimum Gasteiger partial charge on any atom is -0.358 e. The summed E-state index contributed by atoms with van der Waals surface area (Å²) in [6.07, 6.45) is 1.36. The number of hydrogen-bond donors (Lipinski definition) is 0. The highest BCUT2D eigenvalue weighted by Crippen LogP contribution is 2.23. The largest absolute Gasteiger partial charge is 0.384 e. The summed E-state index contributed by atoms with van der Waals surface area (Å²) in [5.74, 6) is -0.186. The van der Waals surface area contributed by atoms with Crippen molar-refractivity contribution in [1.82, 2.24) is 9.55 Å². The molecule has 0 aliphatic carbocycles. The number of nitrogens with zero attached hydrogens (tertiary/aromatic N) is 4. The molecule has 1 rings (SSSR count). The molecule has 1 aromatic rings. The highest BCUT2D eigenvalue weighted by molar-refractivity contribution is 5.26. The Labute approximate surface area is 86.2 Å². The smallest absolute Gasteiger partial charge is 0.358 e. The van der Waals surface area contributed by atoms with Gasteiger partial charge >= 0.3 is 5.82 Å². The monoisotopic (exact) mass is 212 g/mol. The zero-order valence-electron chi connectivity index (χ0n) is 8.80. The molecule has 1 heterocycles. The van der Waals surface area contributed by atoms with E-state index < -0.39 is 10.5 Å². The molecule has 0 N–H and O–H groups in total. The summed E-state index contributed by atoms with van der Waals surface area (Å²) in [5.41, 5.74) is -0.166. The molecule has 0 radical (unpaired) electrons. The van der Waals surface area contributed by atoms with Gasteiger partial charge in [-0.25, -0.2) is 0 Å². The van der Waals surface area contributed by atoms with Crippen molar-refractivity contribution in [2.24, 2.45) is 5.18 Å². The highest BCUT2D eigenvalue weighted by atomic mass is 16.6. The molecule has 82 valence electrons. The van der Waals surface area contributed by atoms with Crippen LogP contribution in [-0.4, -0.2) is 21.0 Å². The van der Waals surface area contributed by atoms with Crippen molar-refractivity contribution in [3.05, 3.63) is 27.0 Å². The number of rotatable bonds is 4. The molecular weight excluding hydrogens is 200 g/mol. The molecule has 0 amide bonds. The Morgan fingerprint density at radius 2 is 2.27 bits per heavy atom. The second-order valence-electron chi connectivity index (χ2n) is 3.88. The third-order valence-electron chi connectivity index (χ3n) is 2.26. The van der Waals surface area contributed by atoms with Gasteiger partial charge in [0.15, 0.2) is 0 Å². The summed E-state index contributed by atoms with van der Waals surface area (Å²) in [4.78, 5) is 23.9. The van der Waals surface area contributed by atoms with Gasteiger partial charge in [-0.05, 0) is 30.7 Å². The van der Waals surface area contributed by atoms with Gasteiger partial charge in [-0.1, -0.05) is 5.18 Å². The number of nitroso groups, excluding NO2 is 1. The van der Waals surface area contributed by atoms with E-state index in [2.05, 4.69) is 10.2 Å². The Morgan fingerprint density at radius 1 is 1.67 bits per heavy atom. The maximum absolute atomic E-state index is 10.6. The van der Waals surface area contributed by atoms with Gasteiger partial charge < -0.3 is 14.7 Å². The van der Waals surface area contributed by atoms with Crippen molar-refractivity contribution in [1.29, 1.82) is 0 Å². The first-order chi connectivity index (χ1) is 6.90. The van der Waals surface area contributed by atoms with Crippen molar-refractivity contribution < 1.29 is 4.92 Å². The molecular formula is C8H12N4O3. The van der Waals surface area contributed by atoms with Gasteiger partial charge in [-0.15, -0.1) is 0 Å². The fraction of sp³-hybridized carbons (Fsp3) is 0.625. The van der Waals surface area contributed by atoms with Crippen molar-refractivity contribution in [3.63, 3.8) is 0 Å². The van der Waals surface area contributed by atoms with Crippen molar-refractivity contribution in [2.75, 3.05) is 6.54 Å². The molecule has 0 saturated carbocycles. The van der Waals surface area contributed by atoms with Gasteiger partial charge in [-0.3, -0.25) is 0 Å². The summed E-state index contributed by atoms with van der Waals surface area (Å²) in [7, 11) is 0. The lowest BCUT2D eigenvalue weighted by atomic mass is 10.1. The number of nitro groups is 1. The molecule has 15 heavy (non-hydrogen) atoms. The fourth-order valence-corrected chi connectivity index (χ4v) is 1.42. The molecule has 0 aromatic carbocycles. The van der Waals surface area contributed by atoms with Gasteiger partial charge in [0, 0.05) is 0 Å². The molecule has 0 aliphatic rings. The molecule has 0 saturated heterocycles. The standard InChI is InChI=1S/C8H12N4O3/c1-6-7(12(14)15)9-5-11(6)8(2,3)4-10-13/h5H,4H2,1-3H3. The topological polar surface area (TPSA) is 90.4 Å². The molecule has 0 atom stereocenters. The zero-order valence-corrected chi connectivity index (χ0v) is 8.80. The van der Waals surface area contributed by atoms with E-state index in [9.17, 15) is 15.0 Å². The van der Waals surface area contributed by atoms with E-state index in [4.69, 9.17) is 0 Å². The first-order valence-electron chi connectivity index (χ1n) is 4.38. The van der Waals surface area contributed by atoms with E-state index >= 15 is 0 Å². The minimum absolute atomic E-state index is 0.0430. The lowest BCUT2D eigenvalue weighted by Gasteiger charge is -2.22. The van der Waals surface area contributed by atoms with Crippen LogP contribution in [0.4, 0.5) is 5.82 Å². The summed E-state index contributed by atoms with van der Waals surface area (Å²) in [6, 6.07) is 0. The summed E-state index contributed by atoms with van der Waals surface area (Å²) < 4.78 is 1.59. The van der Waals surface area contributed by atoms with Crippen LogP contribution in [0.5, 0.6) is 0 Å². The number of aromatic nitrogens is 2. The van der Waals surface area contributed by atoms with Gasteiger partial charge in [-0.2, -0.15) is 4.91 Å². The van der Waals surface area contributed by atoms with Crippen molar-refractivity contribution in [3.8, 4) is 0 Å². The number of imidazole rings is 1. The summed E-state index contributed by atoms with van der Waals surface area (Å²) in [5, 5.41) is 13.4. The van der Waals surface area contributed by atoms with Crippen LogP contribution in [0.3, 0.4) is 0 Å². The quantitative estimate of drug-likeness (QED) is 0.430. The van der Waals surface area contributed by atoms with Gasteiger partial charge in [0.25, 0.3) is 0 Å². The molecule has 0 fully saturated rings. The molecule has 0 bridgehead atoms. The van der Waals surface area contributed by atoms with Gasteiger partial charge in [0.1, 0.15) is 12.2 Å². The van der Waals surface area contributed by atoms with Gasteiger partial charge in [0.2, 0.25) is 6.33 Å². The summed E-state index contributed by atoms with van der Waals surface area (Å²) in [6.45, 7) is 5.18. The van der Waals surface area contributed by atoms with E-state index in [1.807, 2.05) is 0 Å². The highest BCUT2D eigenvalue weighted by Gasteiger charge is 2.28. The van der Waals surface area contributed by atoms with Crippen LogP contribution in [0.25, 0.3) is 0 Å². The Morgan fingerprint density at radius 3 is 2.67 bits per heavy atom. The molecule has 0 aliphatic heterocycles. The van der Waals surface area contributed by atoms with Crippen molar-refractivity contribution >= 4 is 5.82 Å². The lowest BCUT2D eigenvalue weighted by molar-refractivity contribution is -0.390. The van der Waals surface area contributed by atoms with Crippen molar-refractivity contribution in [2.45, 2.75) is 26.3 Å². The second kappa shape index (κ2) is 3.76. The average molecular weight is 212 g/mol. The fourth-order valence-electron chi connectivity index (χ4n) is 1.42. The van der Waals surface area contributed by atoms with Crippen LogP contribution >= 0.6 is 0 Å². The van der Waals surface area contributed by atoms with E-state index in [0.717, 1.165) is 0 Å². The van der Waals surface area contributed by atoms with Crippen LogP contribution in [0.15, 0.2) is 11.5 Å². The van der Waals surface area contributed by atoms with Gasteiger partial charge in [0.05, 0.1) is 5.54 Å². The summed E-state index contributed by atoms with van der Waals surface area (Å²) >= 11 is 0. The van der Waals surface area contributed by atoms with E-state index in [-0.39, 0.29) is 12.4 Å². The van der Waals surface area contributed by atoms with Crippen LogP contribution in [-0.2, 0) is 5.54 Å². The Balaban J connectivity index is 3.16. The maximum Gasteiger partial charge on any atom is 0.384 e. The number of hydrogen-bond acceptors (Lipinski definition) is 5. The Bertz CT molecular complexity index is 397. The minimum atomic E-state index is -0.590. The van der Waals surface area contributed by atoms with E-state index in [0.29, 0.717) is 5.69 Å². The SMILES string of the molecule is Cc1c([N+](=O)[O-])ncn1C(C)(C)CN=O. The molecule has 0 spiro atoms. The van der Waals surface area contributed by atoms with E-state index in [1.165, 1.54) is 6.33 Å². The molecule has 0 unspecified atom stereocenters. The van der Waals surface area contributed by atoms with Crippen LogP contribution in [0, 0.1) is 21.9 Å². The third kappa shape index (κ3) is 2.00. The van der Waals surface area contributed by atoms with Crippen LogP contribution in [0.1, 0.15) is 19.5 Å². The first kappa shape index (κ1) is 11.3. The molecule has 1 aromatic heterocycles. The van der Waals surface area contributed by atoms with E-state index in [1.54, 1.807) is 25.3 Å². The third-order valence-corrected chi connectivity index (χ3v) is 2.26. The van der Waals surface area contributed by atoms with Crippen LogP contribution < -0.4 is 0 Å². The van der Waals surface area contributed by atoms with Crippen LogP contribution in [0.2, 0.25) is 0 Å². The Hall–Kier alpha value is -1.79. The lowest BCUT2D eigenvalue weighted by Crippen LogP contribution is -2.29. The predicted molar refractivity (Wildman–Crippen MR) is 53.6 cm³/mol. The first-order valence-corrected chi connectivity index (χ1v) is 4.38. The molecule has 7 heteroatoms. The average Bonchev–Trinajstić information content (AvgIpc) is 2.47.